The first-order valence-corrected chi connectivity index (χ1v) is 6.42. The molecule has 102 valence electrons. The third-order valence-electron chi connectivity index (χ3n) is 2.49. The van der Waals surface area contributed by atoms with Gasteiger partial charge in [0.2, 0.25) is 0 Å². The molecular weight excluding hydrogens is 232 g/mol. The number of benzene rings is 1. The zero-order valence-electron chi connectivity index (χ0n) is 10.9. The van der Waals surface area contributed by atoms with Crippen LogP contribution in [-0.4, -0.2) is 30.0 Å². The fraction of sp³-hybridized carbons (Fsp3) is 0.571. The maximum Gasteiger partial charge on any atom is 0.128 e. The molecule has 1 rings (SSSR count). The normalized spacial score (nSPS) is 10.4. The Kier molecular flexibility index (Phi) is 7.22. The maximum atomic E-state index is 9.23. The molecule has 0 aromatic heterocycles. The van der Waals surface area contributed by atoms with E-state index in [1.807, 2.05) is 19.1 Å². The molecule has 0 aliphatic carbocycles. The smallest absolute Gasteiger partial charge is 0.128 e. The number of unbranched alkanes of at least 4 members (excludes halogenated alkanes) is 1. The molecule has 0 aliphatic heterocycles. The minimum Gasteiger partial charge on any atom is -0.493 e. The van der Waals surface area contributed by atoms with Gasteiger partial charge in [0.15, 0.2) is 0 Å². The molecule has 1 aromatic rings. The van der Waals surface area contributed by atoms with Gasteiger partial charge < -0.3 is 19.7 Å². The van der Waals surface area contributed by atoms with Crippen molar-refractivity contribution in [1.82, 2.24) is 0 Å². The van der Waals surface area contributed by atoms with Crippen molar-refractivity contribution in [2.24, 2.45) is 0 Å². The Hall–Kier alpha value is -1.26. The molecule has 4 heteroatoms. The van der Waals surface area contributed by atoms with E-state index in [-0.39, 0.29) is 13.2 Å². The van der Waals surface area contributed by atoms with Gasteiger partial charge in [-0.05, 0) is 31.4 Å². The summed E-state index contributed by atoms with van der Waals surface area (Å²) in [6, 6.07) is 5.45. The number of aliphatic hydroxyl groups is 2. The van der Waals surface area contributed by atoms with Gasteiger partial charge in [-0.15, -0.1) is 0 Å². The monoisotopic (exact) mass is 254 g/mol. The lowest BCUT2D eigenvalue weighted by Gasteiger charge is -2.12. The molecule has 0 amide bonds. The predicted octanol–water partition coefficient (Wildman–Crippen LogP) is 2.12. The number of aliphatic hydroxyl groups excluding tert-OH is 2. The number of ether oxygens (including phenoxy) is 2. The molecule has 0 radical (unpaired) electrons. The number of hydrogen-bond donors (Lipinski definition) is 2. The van der Waals surface area contributed by atoms with Crippen LogP contribution in [0.2, 0.25) is 0 Å². The summed E-state index contributed by atoms with van der Waals surface area (Å²) in [5.74, 6) is 1.41. The molecule has 4 nitrogen and oxygen atoms in total. The highest BCUT2D eigenvalue weighted by atomic mass is 16.5. The van der Waals surface area contributed by atoms with E-state index in [0.29, 0.717) is 19.0 Å². The van der Waals surface area contributed by atoms with Crippen LogP contribution < -0.4 is 9.47 Å². The quantitative estimate of drug-likeness (QED) is 0.663. The molecule has 0 spiro atoms. The van der Waals surface area contributed by atoms with Gasteiger partial charge >= 0.3 is 0 Å². The lowest BCUT2D eigenvalue weighted by atomic mass is 10.2. The highest BCUT2D eigenvalue weighted by molar-refractivity contribution is 5.40. The summed E-state index contributed by atoms with van der Waals surface area (Å²) in [6.45, 7) is 3.38. The highest BCUT2D eigenvalue weighted by Crippen LogP contribution is 2.25. The van der Waals surface area contributed by atoms with Crippen molar-refractivity contribution in [3.8, 4) is 11.5 Å². The zero-order chi connectivity index (χ0) is 13.2. The van der Waals surface area contributed by atoms with E-state index in [1.165, 1.54) is 0 Å². The van der Waals surface area contributed by atoms with Crippen molar-refractivity contribution in [2.45, 2.75) is 32.8 Å². The molecule has 2 N–H and O–H groups in total. The van der Waals surface area contributed by atoms with Crippen LogP contribution in [0.5, 0.6) is 11.5 Å². The first-order valence-electron chi connectivity index (χ1n) is 6.42. The van der Waals surface area contributed by atoms with Crippen LogP contribution in [-0.2, 0) is 6.61 Å². The SMILES string of the molecule is CCCOc1ccc(CO)c(OCCCCO)c1. The Morgan fingerprint density at radius 2 is 1.89 bits per heavy atom. The Labute approximate surface area is 108 Å². The lowest BCUT2D eigenvalue weighted by Crippen LogP contribution is -2.02. The minimum atomic E-state index is -0.0522. The average Bonchev–Trinajstić information content (AvgIpc) is 2.41. The van der Waals surface area contributed by atoms with Crippen LogP contribution in [0.1, 0.15) is 31.7 Å². The number of hydrogen-bond acceptors (Lipinski definition) is 4. The van der Waals surface area contributed by atoms with E-state index in [2.05, 4.69) is 0 Å². The Morgan fingerprint density at radius 1 is 1.06 bits per heavy atom. The second kappa shape index (κ2) is 8.78. The maximum absolute atomic E-state index is 9.23. The minimum absolute atomic E-state index is 0.0522. The van der Waals surface area contributed by atoms with Crippen LogP contribution in [0.15, 0.2) is 18.2 Å². The molecule has 18 heavy (non-hydrogen) atoms. The summed E-state index contributed by atoms with van der Waals surface area (Å²) in [5, 5.41) is 17.9. The van der Waals surface area contributed by atoms with Crippen LogP contribution in [0, 0.1) is 0 Å². The Morgan fingerprint density at radius 3 is 2.56 bits per heavy atom. The van der Waals surface area contributed by atoms with E-state index in [4.69, 9.17) is 14.6 Å². The molecule has 0 aliphatic rings. The fourth-order valence-corrected chi connectivity index (χ4v) is 1.51. The van der Waals surface area contributed by atoms with Crippen molar-refractivity contribution in [2.75, 3.05) is 19.8 Å². The second-order valence-corrected chi connectivity index (χ2v) is 4.06. The van der Waals surface area contributed by atoms with Crippen molar-refractivity contribution in [1.29, 1.82) is 0 Å². The van der Waals surface area contributed by atoms with Crippen molar-refractivity contribution in [3.63, 3.8) is 0 Å². The van der Waals surface area contributed by atoms with Gasteiger partial charge in [0.25, 0.3) is 0 Å². The van der Waals surface area contributed by atoms with E-state index < -0.39 is 0 Å². The summed E-state index contributed by atoms with van der Waals surface area (Å²) in [6.07, 6.45) is 2.47. The topological polar surface area (TPSA) is 58.9 Å². The molecule has 0 saturated carbocycles. The van der Waals surface area contributed by atoms with E-state index >= 15 is 0 Å². The van der Waals surface area contributed by atoms with Gasteiger partial charge in [0, 0.05) is 18.2 Å². The summed E-state index contributed by atoms with van der Waals surface area (Å²) in [5.41, 5.74) is 0.753. The van der Waals surface area contributed by atoms with Gasteiger partial charge in [0.05, 0.1) is 19.8 Å². The second-order valence-electron chi connectivity index (χ2n) is 4.06. The van der Waals surface area contributed by atoms with Crippen LogP contribution >= 0.6 is 0 Å². The highest BCUT2D eigenvalue weighted by Gasteiger charge is 2.05. The fourth-order valence-electron chi connectivity index (χ4n) is 1.51. The van der Waals surface area contributed by atoms with Gasteiger partial charge in [0.1, 0.15) is 11.5 Å². The summed E-state index contributed by atoms with van der Waals surface area (Å²) in [4.78, 5) is 0. The third kappa shape index (κ3) is 4.94. The average molecular weight is 254 g/mol. The molecule has 0 saturated heterocycles. The predicted molar refractivity (Wildman–Crippen MR) is 70.0 cm³/mol. The number of rotatable bonds is 9. The molecule has 0 heterocycles. The molecule has 0 bridgehead atoms. The van der Waals surface area contributed by atoms with Crippen molar-refractivity contribution >= 4 is 0 Å². The Bertz CT molecular complexity index is 339. The van der Waals surface area contributed by atoms with Crippen LogP contribution in [0.4, 0.5) is 0 Å². The van der Waals surface area contributed by atoms with Crippen molar-refractivity contribution in [3.05, 3.63) is 23.8 Å². The van der Waals surface area contributed by atoms with Crippen LogP contribution in [0.3, 0.4) is 0 Å². The van der Waals surface area contributed by atoms with E-state index in [9.17, 15) is 5.11 Å². The molecule has 1 aromatic carbocycles. The summed E-state index contributed by atoms with van der Waals surface area (Å²) >= 11 is 0. The Balaban J connectivity index is 2.60. The first-order chi connectivity index (χ1) is 8.81. The van der Waals surface area contributed by atoms with Gasteiger partial charge in [-0.2, -0.15) is 0 Å². The van der Waals surface area contributed by atoms with Gasteiger partial charge in [-0.3, -0.25) is 0 Å². The molecule has 0 unspecified atom stereocenters. The van der Waals surface area contributed by atoms with E-state index in [0.717, 1.165) is 30.6 Å². The zero-order valence-corrected chi connectivity index (χ0v) is 10.9. The molecule has 0 fully saturated rings. The summed E-state index contributed by atoms with van der Waals surface area (Å²) < 4.78 is 11.1. The standard InChI is InChI=1S/C14H22O4/c1-2-8-17-13-6-5-12(11-16)14(10-13)18-9-4-3-7-15/h5-6,10,15-16H,2-4,7-9,11H2,1H3. The van der Waals surface area contributed by atoms with E-state index in [1.54, 1.807) is 6.07 Å². The van der Waals surface area contributed by atoms with Gasteiger partial charge in [-0.25, -0.2) is 0 Å². The van der Waals surface area contributed by atoms with Gasteiger partial charge in [-0.1, -0.05) is 6.92 Å². The largest absolute Gasteiger partial charge is 0.493 e. The molecular formula is C14H22O4. The summed E-state index contributed by atoms with van der Waals surface area (Å²) in [7, 11) is 0. The van der Waals surface area contributed by atoms with Crippen LogP contribution in [0.25, 0.3) is 0 Å². The first kappa shape index (κ1) is 14.8. The lowest BCUT2D eigenvalue weighted by molar-refractivity contribution is 0.241. The third-order valence-corrected chi connectivity index (χ3v) is 2.49. The molecule has 0 atom stereocenters. The van der Waals surface area contributed by atoms with Crippen molar-refractivity contribution < 1.29 is 19.7 Å².